The summed E-state index contributed by atoms with van der Waals surface area (Å²) in [6.45, 7) is 3.79. The molecule has 0 aromatic carbocycles. The molecule has 11 heteroatoms. The third-order valence-electron chi connectivity index (χ3n) is 4.80. The van der Waals surface area contributed by atoms with Crippen molar-refractivity contribution in [3.8, 4) is 0 Å². The summed E-state index contributed by atoms with van der Waals surface area (Å²) in [6, 6.07) is 3.95. The van der Waals surface area contributed by atoms with E-state index in [0.29, 0.717) is 5.56 Å². The Morgan fingerprint density at radius 3 is 2.76 bits per heavy atom. The van der Waals surface area contributed by atoms with E-state index in [1.54, 1.807) is 4.90 Å². The number of nitrogens with two attached hydrogens (primary N) is 1. The molecule has 1 amide bonds. The molecule has 0 fully saturated rings. The molecular weight excluding hydrogens is 381 g/mol. The minimum atomic E-state index is -1.18. The molecule has 1 aliphatic rings. The van der Waals surface area contributed by atoms with Crippen molar-refractivity contribution in [2.45, 2.75) is 39.2 Å². The van der Waals surface area contributed by atoms with Crippen LogP contribution in [-0.2, 0) is 13.1 Å². The van der Waals surface area contributed by atoms with Gasteiger partial charge in [0.05, 0.1) is 24.8 Å². The highest BCUT2D eigenvalue weighted by Crippen LogP contribution is 2.25. The number of anilines is 2. The second-order valence-electron chi connectivity index (χ2n) is 7.13. The number of hydrogen-bond donors (Lipinski definition) is 3. The van der Waals surface area contributed by atoms with E-state index in [1.807, 2.05) is 13.8 Å². The average Bonchev–Trinajstić information content (AvgIpc) is 3.21. The molecule has 0 aliphatic carbocycles. The molecule has 0 radical (unpaired) electrons. The number of nitrogen functional groups attached to an aromatic ring is 1. The predicted molar refractivity (Wildman–Crippen MR) is 103 cm³/mol. The largest absolute Gasteiger partial charge is 0.382 e. The zero-order chi connectivity index (χ0) is 20.9. The first kappa shape index (κ1) is 18.9. The predicted octanol–water partition coefficient (Wildman–Crippen LogP) is 0.407. The fourth-order valence-electron chi connectivity index (χ4n) is 3.45. The zero-order valence-corrected chi connectivity index (χ0v) is 15.8. The monoisotopic (exact) mass is 401 g/mol. The molecule has 4 N–H and O–H groups in total. The normalized spacial score (nSPS) is 14.7. The van der Waals surface area contributed by atoms with Crippen molar-refractivity contribution in [1.82, 2.24) is 24.1 Å². The first-order chi connectivity index (χ1) is 13.8. The van der Waals surface area contributed by atoms with Crippen LogP contribution in [0.3, 0.4) is 0 Å². The molecule has 0 bridgehead atoms. The van der Waals surface area contributed by atoms with E-state index in [0.717, 1.165) is 10.7 Å². The SMILES string of the molecule is CC(C)N1Cc2c(n(CC(O)Nc3ccc(F)cn3)c3cc(N)nn3c2=O)C1=O. The van der Waals surface area contributed by atoms with Gasteiger partial charge in [-0.1, -0.05) is 0 Å². The summed E-state index contributed by atoms with van der Waals surface area (Å²) in [5.41, 5.74) is 6.13. The Morgan fingerprint density at radius 2 is 2.10 bits per heavy atom. The Kier molecular flexibility index (Phi) is 4.46. The third-order valence-corrected chi connectivity index (χ3v) is 4.80. The highest BCUT2D eigenvalue weighted by molar-refractivity contribution is 5.97. The Hall–Kier alpha value is -3.47. The number of halogens is 1. The number of aliphatic hydroxyl groups excluding tert-OH is 1. The van der Waals surface area contributed by atoms with Crippen LogP contribution in [0.15, 0.2) is 29.2 Å². The molecule has 152 valence electrons. The lowest BCUT2D eigenvalue weighted by Crippen LogP contribution is -2.33. The maximum absolute atomic E-state index is 13.0. The highest BCUT2D eigenvalue weighted by atomic mass is 19.1. The topological polar surface area (TPSA) is 131 Å². The number of aliphatic hydroxyl groups is 1. The van der Waals surface area contributed by atoms with E-state index in [4.69, 9.17) is 5.73 Å². The van der Waals surface area contributed by atoms with Gasteiger partial charge in [-0.15, -0.1) is 5.10 Å². The summed E-state index contributed by atoms with van der Waals surface area (Å²) in [4.78, 5) is 31.2. The van der Waals surface area contributed by atoms with Gasteiger partial charge in [0.15, 0.2) is 0 Å². The van der Waals surface area contributed by atoms with Crippen molar-refractivity contribution in [3.63, 3.8) is 0 Å². The summed E-state index contributed by atoms with van der Waals surface area (Å²) in [7, 11) is 0. The van der Waals surface area contributed by atoms with Crippen molar-refractivity contribution in [2.24, 2.45) is 0 Å². The molecule has 4 heterocycles. The number of carbonyl (C=O) groups excluding carboxylic acids is 1. The summed E-state index contributed by atoms with van der Waals surface area (Å²) in [6.07, 6.45) is -0.160. The van der Waals surface area contributed by atoms with E-state index < -0.39 is 17.6 Å². The molecule has 3 aromatic rings. The Morgan fingerprint density at radius 1 is 1.34 bits per heavy atom. The van der Waals surface area contributed by atoms with E-state index in [9.17, 15) is 19.1 Å². The van der Waals surface area contributed by atoms with Crippen molar-refractivity contribution >= 4 is 23.2 Å². The van der Waals surface area contributed by atoms with Gasteiger partial charge in [0.2, 0.25) is 0 Å². The lowest BCUT2D eigenvalue weighted by atomic mass is 10.2. The molecule has 1 aliphatic heterocycles. The van der Waals surface area contributed by atoms with Gasteiger partial charge >= 0.3 is 0 Å². The summed E-state index contributed by atoms with van der Waals surface area (Å²) in [5.74, 6) is -0.424. The number of nitrogens with one attached hydrogen (secondary N) is 1. The Bertz CT molecular complexity index is 1150. The maximum atomic E-state index is 13.0. The molecule has 1 unspecified atom stereocenters. The van der Waals surface area contributed by atoms with E-state index >= 15 is 0 Å². The lowest BCUT2D eigenvalue weighted by Gasteiger charge is -2.21. The molecule has 4 rings (SSSR count). The minimum Gasteiger partial charge on any atom is -0.382 e. The fraction of sp³-hybridized carbons (Fsp3) is 0.333. The molecule has 3 aromatic heterocycles. The van der Waals surface area contributed by atoms with Gasteiger partial charge in [-0.3, -0.25) is 9.59 Å². The van der Waals surface area contributed by atoms with Crippen LogP contribution in [0.2, 0.25) is 0 Å². The summed E-state index contributed by atoms with van der Waals surface area (Å²) >= 11 is 0. The molecular formula is C18H20FN7O3. The van der Waals surface area contributed by atoms with Gasteiger partial charge in [0.1, 0.15) is 35.0 Å². The van der Waals surface area contributed by atoms with Gasteiger partial charge < -0.3 is 25.6 Å². The molecule has 10 nitrogen and oxygen atoms in total. The van der Waals surface area contributed by atoms with Crippen molar-refractivity contribution in [2.75, 3.05) is 11.1 Å². The lowest BCUT2D eigenvalue weighted by molar-refractivity contribution is 0.0720. The first-order valence-electron chi connectivity index (χ1n) is 9.04. The highest BCUT2D eigenvalue weighted by Gasteiger charge is 2.36. The van der Waals surface area contributed by atoms with Crippen LogP contribution in [-0.4, -0.2) is 47.3 Å². The fourth-order valence-corrected chi connectivity index (χ4v) is 3.45. The summed E-state index contributed by atoms with van der Waals surface area (Å²) in [5, 5.41) is 17.3. The number of hydrogen-bond acceptors (Lipinski definition) is 7. The Balaban J connectivity index is 1.77. The van der Waals surface area contributed by atoms with Crippen LogP contribution >= 0.6 is 0 Å². The van der Waals surface area contributed by atoms with Gasteiger partial charge in [-0.05, 0) is 26.0 Å². The maximum Gasteiger partial charge on any atom is 0.280 e. The summed E-state index contributed by atoms with van der Waals surface area (Å²) < 4.78 is 15.7. The van der Waals surface area contributed by atoms with E-state index in [1.165, 1.54) is 22.8 Å². The first-order valence-corrected chi connectivity index (χ1v) is 9.04. The molecule has 1 atom stereocenters. The zero-order valence-electron chi connectivity index (χ0n) is 15.8. The Labute approximate surface area is 164 Å². The standard InChI is InChI=1S/C18H20FN7O3/c1-9(2)24-7-11-16(18(24)29)25(15-5-12(20)23-26(15)17(11)28)8-14(27)22-13-4-3-10(19)6-21-13/h3-6,9,14,27H,7-8H2,1-2H3,(H2,20,23)(H,21,22). The molecule has 0 saturated carbocycles. The quantitative estimate of drug-likeness (QED) is 0.528. The molecule has 0 saturated heterocycles. The number of pyridine rings is 1. The van der Waals surface area contributed by atoms with Crippen molar-refractivity contribution in [3.05, 3.63) is 51.8 Å². The number of carbonyl (C=O) groups is 1. The van der Waals surface area contributed by atoms with Gasteiger partial charge in [-0.25, -0.2) is 9.37 Å². The third kappa shape index (κ3) is 3.18. The van der Waals surface area contributed by atoms with Crippen LogP contribution in [0.5, 0.6) is 0 Å². The number of rotatable bonds is 5. The number of amides is 1. The second-order valence-corrected chi connectivity index (χ2v) is 7.13. The van der Waals surface area contributed by atoms with Crippen molar-refractivity contribution in [1.29, 1.82) is 0 Å². The van der Waals surface area contributed by atoms with Gasteiger partial charge in [-0.2, -0.15) is 4.52 Å². The van der Waals surface area contributed by atoms with Crippen LogP contribution in [0.1, 0.15) is 29.9 Å². The van der Waals surface area contributed by atoms with E-state index in [-0.39, 0.29) is 48.0 Å². The van der Waals surface area contributed by atoms with E-state index in [2.05, 4.69) is 15.4 Å². The van der Waals surface area contributed by atoms with Crippen LogP contribution in [0.25, 0.3) is 5.65 Å². The smallest absolute Gasteiger partial charge is 0.280 e. The molecule has 29 heavy (non-hydrogen) atoms. The molecule has 0 spiro atoms. The minimum absolute atomic E-state index is 0.0893. The number of aromatic nitrogens is 4. The number of nitrogens with zero attached hydrogens (tertiary/aromatic N) is 5. The van der Waals surface area contributed by atoms with Gasteiger partial charge in [0, 0.05) is 12.1 Å². The average molecular weight is 401 g/mol. The van der Waals surface area contributed by atoms with Gasteiger partial charge in [0.25, 0.3) is 11.5 Å². The van der Waals surface area contributed by atoms with Crippen LogP contribution in [0, 0.1) is 5.82 Å². The number of fused-ring (bicyclic) bond motifs is 2. The van der Waals surface area contributed by atoms with Crippen LogP contribution in [0.4, 0.5) is 16.0 Å². The van der Waals surface area contributed by atoms with Crippen molar-refractivity contribution < 1.29 is 14.3 Å². The van der Waals surface area contributed by atoms with Crippen LogP contribution < -0.4 is 16.6 Å². The second kappa shape index (κ2) is 6.85.